The SMILES string of the molecule is Cc1cc(N2CCCC23CNC3)ccc1-c1cn(C[C@H]2CCCCO2)nn1. The number of nitrogens with one attached hydrogen (secondary N) is 1. The lowest BCUT2D eigenvalue weighted by Gasteiger charge is -2.47. The van der Waals surface area contributed by atoms with Gasteiger partial charge in [0.15, 0.2) is 0 Å². The Balaban J connectivity index is 1.33. The molecule has 0 amide bonds. The van der Waals surface area contributed by atoms with Crippen LogP contribution in [0.4, 0.5) is 5.69 Å². The van der Waals surface area contributed by atoms with Gasteiger partial charge in [-0.1, -0.05) is 11.3 Å². The first-order chi connectivity index (χ1) is 13.2. The van der Waals surface area contributed by atoms with E-state index >= 15 is 0 Å². The summed E-state index contributed by atoms with van der Waals surface area (Å²) in [6.45, 7) is 7.26. The fraction of sp³-hybridized carbons (Fsp3) is 0.619. The van der Waals surface area contributed by atoms with E-state index in [0.717, 1.165) is 44.9 Å². The number of aryl methyl sites for hydroxylation is 1. The number of ether oxygens (including phenoxy) is 1. The Labute approximate surface area is 160 Å². The number of aromatic nitrogens is 3. The minimum absolute atomic E-state index is 0.277. The lowest BCUT2D eigenvalue weighted by atomic mass is 9.89. The number of anilines is 1. The molecule has 0 unspecified atom stereocenters. The highest BCUT2D eigenvalue weighted by Crippen LogP contribution is 2.38. The van der Waals surface area contributed by atoms with Gasteiger partial charge in [0.1, 0.15) is 5.69 Å². The van der Waals surface area contributed by atoms with E-state index in [4.69, 9.17) is 4.74 Å². The summed E-state index contributed by atoms with van der Waals surface area (Å²) in [4.78, 5) is 2.61. The van der Waals surface area contributed by atoms with E-state index in [1.165, 1.54) is 42.5 Å². The molecule has 3 aliphatic heterocycles. The Hall–Kier alpha value is -1.92. The van der Waals surface area contributed by atoms with Crippen LogP contribution >= 0.6 is 0 Å². The Bertz CT molecular complexity index is 807. The predicted octanol–water partition coefficient (Wildman–Crippen LogP) is 2.76. The smallest absolute Gasteiger partial charge is 0.113 e. The maximum Gasteiger partial charge on any atom is 0.113 e. The first-order valence-electron chi connectivity index (χ1n) is 10.3. The van der Waals surface area contributed by atoms with Gasteiger partial charge in [-0.15, -0.1) is 5.10 Å². The highest BCUT2D eigenvalue weighted by atomic mass is 16.5. The molecule has 27 heavy (non-hydrogen) atoms. The minimum atomic E-state index is 0.277. The highest BCUT2D eigenvalue weighted by molar-refractivity contribution is 5.67. The van der Waals surface area contributed by atoms with Crippen LogP contribution < -0.4 is 10.2 Å². The van der Waals surface area contributed by atoms with E-state index < -0.39 is 0 Å². The Kier molecular flexibility index (Phi) is 4.40. The van der Waals surface area contributed by atoms with Crippen LogP contribution in [0.15, 0.2) is 24.4 Å². The average Bonchev–Trinajstić information content (AvgIpc) is 3.29. The molecule has 144 valence electrons. The van der Waals surface area contributed by atoms with Crippen molar-refractivity contribution in [1.82, 2.24) is 20.3 Å². The molecule has 1 aromatic heterocycles. The molecular formula is C21H29N5O. The van der Waals surface area contributed by atoms with E-state index in [1.807, 2.05) is 4.68 Å². The van der Waals surface area contributed by atoms with Crippen molar-refractivity contribution in [3.05, 3.63) is 30.0 Å². The molecule has 1 atom stereocenters. The lowest BCUT2D eigenvalue weighted by Crippen LogP contribution is -2.66. The summed E-state index contributed by atoms with van der Waals surface area (Å²) < 4.78 is 7.77. The van der Waals surface area contributed by atoms with Gasteiger partial charge in [-0.2, -0.15) is 0 Å². The molecule has 3 aliphatic rings. The summed E-state index contributed by atoms with van der Waals surface area (Å²) in [6, 6.07) is 6.80. The largest absolute Gasteiger partial charge is 0.376 e. The number of hydrogen-bond donors (Lipinski definition) is 1. The second-order valence-electron chi connectivity index (χ2n) is 8.40. The predicted molar refractivity (Wildman–Crippen MR) is 106 cm³/mol. The van der Waals surface area contributed by atoms with E-state index in [9.17, 15) is 0 Å². The van der Waals surface area contributed by atoms with Gasteiger partial charge in [-0.3, -0.25) is 0 Å². The van der Waals surface area contributed by atoms with Crippen molar-refractivity contribution in [3.8, 4) is 11.3 Å². The van der Waals surface area contributed by atoms with Gasteiger partial charge in [0.25, 0.3) is 0 Å². The normalized spacial score (nSPS) is 24.3. The van der Waals surface area contributed by atoms with Crippen LogP contribution in [0.3, 0.4) is 0 Å². The van der Waals surface area contributed by atoms with Gasteiger partial charge in [-0.25, -0.2) is 4.68 Å². The van der Waals surface area contributed by atoms with Crippen LogP contribution in [0.1, 0.15) is 37.7 Å². The van der Waals surface area contributed by atoms with Gasteiger partial charge in [0.05, 0.1) is 24.4 Å². The number of hydrogen-bond acceptors (Lipinski definition) is 5. The summed E-state index contributed by atoms with van der Waals surface area (Å²) in [5.41, 5.74) is 5.10. The van der Waals surface area contributed by atoms with Gasteiger partial charge >= 0.3 is 0 Å². The first-order valence-corrected chi connectivity index (χ1v) is 10.3. The van der Waals surface area contributed by atoms with Crippen molar-refractivity contribution in [1.29, 1.82) is 0 Å². The summed E-state index contributed by atoms with van der Waals surface area (Å²) in [6.07, 6.45) is 8.49. The van der Waals surface area contributed by atoms with E-state index in [0.29, 0.717) is 5.54 Å². The zero-order valence-electron chi connectivity index (χ0n) is 16.2. The van der Waals surface area contributed by atoms with E-state index in [1.54, 1.807) is 0 Å². The second-order valence-corrected chi connectivity index (χ2v) is 8.40. The van der Waals surface area contributed by atoms with Crippen LogP contribution in [0, 0.1) is 6.92 Å². The third kappa shape index (κ3) is 3.15. The van der Waals surface area contributed by atoms with Crippen LogP contribution in [0.2, 0.25) is 0 Å². The second kappa shape index (κ2) is 6.91. The zero-order chi connectivity index (χ0) is 18.3. The van der Waals surface area contributed by atoms with E-state index in [2.05, 4.69) is 51.8 Å². The molecule has 0 radical (unpaired) electrons. The Morgan fingerprint density at radius 3 is 2.93 bits per heavy atom. The first kappa shape index (κ1) is 17.2. The molecule has 5 rings (SSSR count). The van der Waals surface area contributed by atoms with Crippen molar-refractivity contribution in [3.63, 3.8) is 0 Å². The molecule has 1 aromatic carbocycles. The summed E-state index contributed by atoms with van der Waals surface area (Å²) in [7, 11) is 0. The third-order valence-corrected chi connectivity index (χ3v) is 6.51. The summed E-state index contributed by atoms with van der Waals surface area (Å²) >= 11 is 0. The highest BCUT2D eigenvalue weighted by Gasteiger charge is 2.45. The van der Waals surface area contributed by atoms with Crippen LogP contribution in [-0.2, 0) is 11.3 Å². The van der Waals surface area contributed by atoms with Gasteiger partial charge in [0.2, 0.25) is 0 Å². The quantitative estimate of drug-likeness (QED) is 0.901. The standard InChI is InChI=1S/C21H29N5O/c1-16-11-17(26-9-4-8-21(26)14-22-15-21)6-7-19(16)20-13-25(24-23-20)12-18-5-2-3-10-27-18/h6-7,11,13,18,22H,2-5,8-10,12,14-15H2,1H3/t18-/m1/s1. The monoisotopic (exact) mass is 367 g/mol. The third-order valence-electron chi connectivity index (χ3n) is 6.51. The fourth-order valence-corrected chi connectivity index (χ4v) is 4.90. The molecule has 0 aliphatic carbocycles. The van der Waals surface area contributed by atoms with Crippen molar-refractivity contribution in [2.24, 2.45) is 0 Å². The summed E-state index contributed by atoms with van der Waals surface area (Å²) in [5, 5.41) is 12.2. The number of nitrogens with zero attached hydrogens (tertiary/aromatic N) is 4. The van der Waals surface area contributed by atoms with Gasteiger partial charge in [0, 0.05) is 37.5 Å². The minimum Gasteiger partial charge on any atom is -0.376 e. The van der Waals surface area contributed by atoms with Crippen molar-refractivity contribution in [2.75, 3.05) is 31.1 Å². The molecule has 0 saturated carbocycles. The van der Waals surface area contributed by atoms with E-state index in [-0.39, 0.29) is 6.10 Å². The average molecular weight is 367 g/mol. The molecule has 4 heterocycles. The molecular weight excluding hydrogens is 338 g/mol. The molecule has 3 saturated heterocycles. The lowest BCUT2D eigenvalue weighted by molar-refractivity contribution is 0.00370. The van der Waals surface area contributed by atoms with Gasteiger partial charge in [-0.05, 0) is 56.7 Å². The summed E-state index contributed by atoms with van der Waals surface area (Å²) in [5.74, 6) is 0. The maximum atomic E-state index is 5.83. The van der Waals surface area contributed by atoms with Crippen molar-refractivity contribution < 1.29 is 4.74 Å². The van der Waals surface area contributed by atoms with Crippen molar-refractivity contribution >= 4 is 5.69 Å². The van der Waals surface area contributed by atoms with Crippen molar-refractivity contribution in [2.45, 2.75) is 57.2 Å². The van der Waals surface area contributed by atoms with Crippen LogP contribution in [0.5, 0.6) is 0 Å². The molecule has 2 aromatic rings. The fourth-order valence-electron chi connectivity index (χ4n) is 4.90. The topological polar surface area (TPSA) is 55.2 Å². The number of benzene rings is 1. The zero-order valence-corrected chi connectivity index (χ0v) is 16.2. The Morgan fingerprint density at radius 2 is 2.19 bits per heavy atom. The molecule has 3 fully saturated rings. The molecule has 1 N–H and O–H groups in total. The van der Waals surface area contributed by atoms with Gasteiger partial charge < -0.3 is 15.0 Å². The molecule has 0 bridgehead atoms. The number of rotatable bonds is 4. The van der Waals surface area contributed by atoms with Crippen LogP contribution in [0.25, 0.3) is 11.3 Å². The maximum absolute atomic E-state index is 5.83. The molecule has 1 spiro atoms. The molecule has 6 heteroatoms. The Morgan fingerprint density at radius 1 is 1.26 bits per heavy atom. The molecule has 6 nitrogen and oxygen atoms in total. The van der Waals surface area contributed by atoms with Crippen LogP contribution in [-0.4, -0.2) is 52.9 Å².